The summed E-state index contributed by atoms with van der Waals surface area (Å²) in [5, 5.41) is 9.18. The topological polar surface area (TPSA) is 70.2 Å². The fraction of sp³-hybridized carbons (Fsp3) is 0.579. The van der Waals surface area contributed by atoms with Crippen molar-refractivity contribution in [1.29, 1.82) is 0 Å². The third-order valence-corrected chi connectivity index (χ3v) is 4.50. The molecule has 2 unspecified atom stereocenters. The molecule has 1 saturated heterocycles. The molecule has 1 heterocycles. The maximum absolute atomic E-state index is 12.2. The Morgan fingerprint density at radius 1 is 1.20 bits per heavy atom. The minimum absolute atomic E-state index is 0. The van der Waals surface area contributed by atoms with Crippen molar-refractivity contribution in [2.24, 2.45) is 11.8 Å². The molecule has 1 aromatic rings. The molecule has 0 aromatic heterocycles. The molecule has 1 aliphatic rings. The summed E-state index contributed by atoms with van der Waals surface area (Å²) in [5.74, 6) is 0.884. The maximum Gasteiger partial charge on any atom is 0.251 e. The van der Waals surface area contributed by atoms with Crippen molar-refractivity contribution in [2.45, 2.75) is 46.1 Å². The predicted octanol–water partition coefficient (Wildman–Crippen LogP) is 3.21. The zero-order chi connectivity index (χ0) is 17.5. The maximum atomic E-state index is 12.2. The van der Waals surface area contributed by atoms with Gasteiger partial charge in [-0.25, -0.2) is 0 Å². The Hall–Kier alpha value is -1.59. The van der Waals surface area contributed by atoms with E-state index in [9.17, 15) is 9.59 Å². The van der Waals surface area contributed by atoms with Crippen LogP contribution >= 0.6 is 12.4 Å². The third-order valence-electron chi connectivity index (χ3n) is 4.50. The Kier molecular flexibility index (Phi) is 8.93. The lowest BCUT2D eigenvalue weighted by Gasteiger charge is -2.28. The van der Waals surface area contributed by atoms with E-state index in [0.717, 1.165) is 18.8 Å². The van der Waals surface area contributed by atoms with Gasteiger partial charge in [0.25, 0.3) is 5.91 Å². The van der Waals surface area contributed by atoms with Crippen molar-refractivity contribution in [3.05, 3.63) is 29.8 Å². The second-order valence-electron chi connectivity index (χ2n) is 7.04. The summed E-state index contributed by atoms with van der Waals surface area (Å²) in [5.41, 5.74) is 1.33. The Bertz CT molecular complexity index is 554. The van der Waals surface area contributed by atoms with Crippen LogP contribution in [0, 0.1) is 11.8 Å². The monoisotopic (exact) mass is 367 g/mol. The van der Waals surface area contributed by atoms with Crippen molar-refractivity contribution in [1.82, 2.24) is 10.6 Å². The summed E-state index contributed by atoms with van der Waals surface area (Å²) in [7, 11) is 0. The first kappa shape index (κ1) is 21.5. The Balaban J connectivity index is 0.00000312. The molecule has 2 amide bonds. The SMILES string of the molecule is CC(C)NC(=O)c1ccc(NC(=O)CC(C)C2CCCNC2)cc1.Cl. The van der Waals surface area contributed by atoms with Crippen molar-refractivity contribution >= 4 is 29.9 Å². The molecule has 5 nitrogen and oxygen atoms in total. The van der Waals surface area contributed by atoms with Crippen LogP contribution in [-0.4, -0.2) is 30.9 Å². The number of nitrogens with one attached hydrogen (secondary N) is 3. The number of carbonyl (C=O) groups excluding carboxylic acids is 2. The first-order valence-electron chi connectivity index (χ1n) is 8.87. The highest BCUT2D eigenvalue weighted by Crippen LogP contribution is 2.23. The van der Waals surface area contributed by atoms with Gasteiger partial charge in [-0.15, -0.1) is 12.4 Å². The summed E-state index contributed by atoms with van der Waals surface area (Å²) < 4.78 is 0. The predicted molar refractivity (Wildman–Crippen MR) is 104 cm³/mol. The standard InChI is InChI=1S/C19H29N3O2.ClH/c1-13(2)21-19(24)15-6-8-17(9-7-15)22-18(23)11-14(3)16-5-4-10-20-12-16;/h6-9,13-14,16,20H,4-5,10-12H2,1-3H3,(H,21,24)(H,22,23);1H. The molecule has 0 radical (unpaired) electrons. The number of rotatable bonds is 6. The number of hydrogen-bond donors (Lipinski definition) is 3. The molecule has 0 bridgehead atoms. The molecule has 3 N–H and O–H groups in total. The molecule has 2 atom stereocenters. The summed E-state index contributed by atoms with van der Waals surface area (Å²) in [6, 6.07) is 7.14. The van der Waals surface area contributed by atoms with Crippen molar-refractivity contribution in [3.63, 3.8) is 0 Å². The number of amides is 2. The van der Waals surface area contributed by atoms with E-state index >= 15 is 0 Å². The molecule has 1 fully saturated rings. The average Bonchev–Trinajstić information content (AvgIpc) is 2.55. The summed E-state index contributed by atoms with van der Waals surface area (Å²) in [6.45, 7) is 8.10. The summed E-state index contributed by atoms with van der Waals surface area (Å²) >= 11 is 0. The van der Waals surface area contributed by atoms with Gasteiger partial charge in [-0.05, 0) is 75.9 Å². The number of piperidine rings is 1. The first-order valence-corrected chi connectivity index (χ1v) is 8.87. The van der Waals surface area contributed by atoms with Gasteiger partial charge in [0.2, 0.25) is 5.91 Å². The molecule has 1 aliphatic heterocycles. The number of benzene rings is 1. The van der Waals surface area contributed by atoms with Gasteiger partial charge in [0.05, 0.1) is 0 Å². The molecule has 0 aliphatic carbocycles. The average molecular weight is 368 g/mol. The van der Waals surface area contributed by atoms with E-state index < -0.39 is 0 Å². The molecule has 0 spiro atoms. The number of carbonyl (C=O) groups is 2. The zero-order valence-corrected chi connectivity index (χ0v) is 16.1. The van der Waals surface area contributed by atoms with E-state index in [-0.39, 0.29) is 30.3 Å². The van der Waals surface area contributed by atoms with Gasteiger partial charge in [-0.2, -0.15) is 0 Å². The zero-order valence-electron chi connectivity index (χ0n) is 15.3. The fourth-order valence-electron chi connectivity index (χ4n) is 3.09. The molecular formula is C19H30ClN3O2. The Morgan fingerprint density at radius 3 is 2.44 bits per heavy atom. The molecule has 1 aromatic carbocycles. The van der Waals surface area contributed by atoms with Gasteiger partial charge in [0.1, 0.15) is 0 Å². The largest absolute Gasteiger partial charge is 0.350 e. The summed E-state index contributed by atoms with van der Waals surface area (Å²) in [4.78, 5) is 24.1. The second-order valence-corrected chi connectivity index (χ2v) is 7.04. The Morgan fingerprint density at radius 2 is 1.88 bits per heavy atom. The Labute approximate surface area is 156 Å². The number of anilines is 1. The van der Waals surface area contributed by atoms with Gasteiger partial charge in [0.15, 0.2) is 0 Å². The van der Waals surface area contributed by atoms with E-state index in [4.69, 9.17) is 0 Å². The van der Waals surface area contributed by atoms with Crippen LogP contribution in [0.1, 0.15) is 50.4 Å². The second kappa shape index (κ2) is 10.4. The highest BCUT2D eigenvalue weighted by Gasteiger charge is 2.22. The third kappa shape index (κ3) is 7.04. The van der Waals surface area contributed by atoms with Crippen LogP contribution < -0.4 is 16.0 Å². The smallest absolute Gasteiger partial charge is 0.251 e. The van der Waals surface area contributed by atoms with Crippen LogP contribution in [0.25, 0.3) is 0 Å². The van der Waals surface area contributed by atoms with Crippen molar-refractivity contribution < 1.29 is 9.59 Å². The highest BCUT2D eigenvalue weighted by molar-refractivity contribution is 5.95. The lowest BCUT2D eigenvalue weighted by Crippen LogP contribution is -2.34. The van der Waals surface area contributed by atoms with Gasteiger partial charge < -0.3 is 16.0 Å². The van der Waals surface area contributed by atoms with Crippen LogP contribution in [-0.2, 0) is 4.79 Å². The molecule has 2 rings (SSSR count). The van der Waals surface area contributed by atoms with Crippen LogP contribution in [0.3, 0.4) is 0 Å². The van der Waals surface area contributed by atoms with Crippen LogP contribution in [0.2, 0.25) is 0 Å². The van der Waals surface area contributed by atoms with E-state index in [0.29, 0.717) is 23.8 Å². The number of hydrogen-bond acceptors (Lipinski definition) is 3. The summed E-state index contributed by atoms with van der Waals surface area (Å²) in [6.07, 6.45) is 2.92. The molecule has 6 heteroatoms. The first-order chi connectivity index (χ1) is 11.5. The highest BCUT2D eigenvalue weighted by atomic mass is 35.5. The van der Waals surface area contributed by atoms with Crippen LogP contribution in [0.15, 0.2) is 24.3 Å². The minimum atomic E-state index is -0.0960. The van der Waals surface area contributed by atoms with Crippen LogP contribution in [0.4, 0.5) is 5.69 Å². The van der Waals surface area contributed by atoms with Gasteiger partial charge in [0, 0.05) is 23.7 Å². The van der Waals surface area contributed by atoms with E-state index in [1.165, 1.54) is 12.8 Å². The fourth-order valence-corrected chi connectivity index (χ4v) is 3.09. The van der Waals surface area contributed by atoms with Gasteiger partial charge >= 0.3 is 0 Å². The van der Waals surface area contributed by atoms with Gasteiger partial charge in [-0.3, -0.25) is 9.59 Å². The lowest BCUT2D eigenvalue weighted by molar-refractivity contribution is -0.117. The number of halogens is 1. The van der Waals surface area contributed by atoms with Crippen LogP contribution in [0.5, 0.6) is 0 Å². The quantitative estimate of drug-likeness (QED) is 0.723. The molecule has 25 heavy (non-hydrogen) atoms. The van der Waals surface area contributed by atoms with Crippen molar-refractivity contribution in [2.75, 3.05) is 18.4 Å². The lowest BCUT2D eigenvalue weighted by atomic mass is 9.85. The normalized spacial score (nSPS) is 18.2. The van der Waals surface area contributed by atoms with Crippen molar-refractivity contribution in [3.8, 4) is 0 Å². The van der Waals surface area contributed by atoms with Gasteiger partial charge in [-0.1, -0.05) is 6.92 Å². The molecule has 0 saturated carbocycles. The minimum Gasteiger partial charge on any atom is -0.350 e. The molecule has 140 valence electrons. The molecular weight excluding hydrogens is 338 g/mol. The van der Waals surface area contributed by atoms with E-state index in [2.05, 4.69) is 22.9 Å². The van der Waals surface area contributed by atoms with E-state index in [1.807, 2.05) is 13.8 Å². The van der Waals surface area contributed by atoms with E-state index in [1.54, 1.807) is 24.3 Å².